The van der Waals surface area contributed by atoms with Gasteiger partial charge in [0.05, 0.1) is 11.5 Å². The van der Waals surface area contributed by atoms with Crippen LogP contribution in [0.2, 0.25) is 0 Å². The van der Waals surface area contributed by atoms with Crippen molar-refractivity contribution < 1.29 is 18.3 Å². The molecule has 3 aromatic carbocycles. The Balaban J connectivity index is 1.52. The van der Waals surface area contributed by atoms with E-state index in [0.29, 0.717) is 12.3 Å². The minimum absolute atomic E-state index is 0.0944. The van der Waals surface area contributed by atoms with Crippen LogP contribution in [0, 0.1) is 0 Å². The molecule has 0 amide bonds. The van der Waals surface area contributed by atoms with Crippen LogP contribution in [0.5, 0.6) is 0 Å². The normalized spacial score (nSPS) is 17.8. The number of ketones is 1. The second-order valence-corrected chi connectivity index (χ2v) is 10.8. The molecule has 166 valence electrons. The molecule has 0 aliphatic carbocycles. The van der Waals surface area contributed by atoms with E-state index in [1.54, 1.807) is 24.3 Å². The SMILES string of the molecule is O=C(C[C@@H](CO)c1ccccc1)C1SCCN1S(=O)(=O)c1ccc(-c2ccccc2)cc1. The van der Waals surface area contributed by atoms with E-state index in [0.717, 1.165) is 16.7 Å². The highest BCUT2D eigenvalue weighted by Gasteiger charge is 2.40. The summed E-state index contributed by atoms with van der Waals surface area (Å²) >= 11 is 1.34. The van der Waals surface area contributed by atoms with Crippen LogP contribution in [0.3, 0.4) is 0 Å². The van der Waals surface area contributed by atoms with Gasteiger partial charge >= 0.3 is 0 Å². The average molecular weight is 468 g/mol. The summed E-state index contributed by atoms with van der Waals surface area (Å²) in [6.07, 6.45) is 0.0944. The van der Waals surface area contributed by atoms with Gasteiger partial charge in [-0.15, -0.1) is 11.8 Å². The van der Waals surface area contributed by atoms with Gasteiger partial charge in [-0.25, -0.2) is 8.42 Å². The molecule has 1 N–H and O–H groups in total. The van der Waals surface area contributed by atoms with E-state index in [-0.39, 0.29) is 29.6 Å². The number of aliphatic hydroxyl groups is 1. The first-order valence-electron chi connectivity index (χ1n) is 10.5. The number of sulfonamides is 1. The highest BCUT2D eigenvalue weighted by atomic mass is 32.2. The first-order chi connectivity index (χ1) is 15.5. The van der Waals surface area contributed by atoms with E-state index in [2.05, 4.69) is 0 Å². The Kier molecular flexibility index (Phi) is 7.10. The number of hydrogen-bond donors (Lipinski definition) is 1. The van der Waals surface area contributed by atoms with Gasteiger partial charge < -0.3 is 5.11 Å². The van der Waals surface area contributed by atoms with Crippen LogP contribution in [0.4, 0.5) is 0 Å². The number of rotatable bonds is 8. The molecule has 32 heavy (non-hydrogen) atoms. The van der Waals surface area contributed by atoms with Crippen LogP contribution in [0.1, 0.15) is 17.9 Å². The van der Waals surface area contributed by atoms with Crippen molar-refractivity contribution in [3.63, 3.8) is 0 Å². The Morgan fingerprint density at radius 3 is 2.16 bits per heavy atom. The predicted octanol–water partition coefficient (Wildman–Crippen LogP) is 4.15. The van der Waals surface area contributed by atoms with E-state index in [9.17, 15) is 18.3 Å². The number of benzene rings is 3. The maximum atomic E-state index is 13.3. The average Bonchev–Trinajstić information content (AvgIpc) is 3.35. The molecule has 2 atom stereocenters. The van der Waals surface area contributed by atoms with Gasteiger partial charge in [-0.05, 0) is 28.8 Å². The van der Waals surface area contributed by atoms with Crippen LogP contribution in [0.15, 0.2) is 89.8 Å². The van der Waals surface area contributed by atoms with Crippen molar-refractivity contribution in [2.75, 3.05) is 18.9 Å². The zero-order chi connectivity index (χ0) is 22.6. The number of Topliss-reactive ketones (excluding diaryl/α,β-unsaturated/α-hetero) is 1. The Hall–Kier alpha value is -2.45. The number of thioether (sulfide) groups is 1. The lowest BCUT2D eigenvalue weighted by Crippen LogP contribution is -2.40. The van der Waals surface area contributed by atoms with Crippen molar-refractivity contribution in [1.29, 1.82) is 0 Å². The molecule has 0 bridgehead atoms. The molecule has 1 aliphatic heterocycles. The molecule has 7 heteroatoms. The Morgan fingerprint density at radius 2 is 1.53 bits per heavy atom. The third kappa shape index (κ3) is 4.81. The highest BCUT2D eigenvalue weighted by molar-refractivity contribution is 8.02. The van der Waals surface area contributed by atoms with Crippen molar-refractivity contribution in [2.45, 2.75) is 22.6 Å². The second-order valence-electron chi connectivity index (χ2n) is 7.69. The number of nitrogens with zero attached hydrogens (tertiary/aromatic N) is 1. The molecule has 1 saturated heterocycles. The van der Waals surface area contributed by atoms with E-state index in [4.69, 9.17) is 0 Å². The van der Waals surface area contributed by atoms with Crippen LogP contribution in [-0.4, -0.2) is 47.9 Å². The minimum atomic E-state index is -3.81. The molecule has 1 unspecified atom stereocenters. The van der Waals surface area contributed by atoms with Gasteiger partial charge in [0, 0.05) is 24.6 Å². The summed E-state index contributed by atoms with van der Waals surface area (Å²) in [5.74, 6) is 0.0341. The third-order valence-corrected chi connectivity index (χ3v) is 8.89. The zero-order valence-corrected chi connectivity index (χ0v) is 19.1. The highest BCUT2D eigenvalue weighted by Crippen LogP contribution is 2.34. The van der Waals surface area contributed by atoms with Gasteiger partial charge in [-0.2, -0.15) is 4.31 Å². The standard InChI is InChI=1S/C25H25NO4S2/c27-18-22(20-9-5-2-6-10-20)17-24(28)25-26(15-16-31-25)32(29,30)23-13-11-21(12-14-23)19-7-3-1-4-8-19/h1-14,22,25,27H,15-18H2/t22-,25?/m0/s1. The van der Waals surface area contributed by atoms with E-state index in [1.165, 1.54) is 16.1 Å². The number of carbonyl (C=O) groups is 1. The molecule has 1 heterocycles. The molecule has 3 aromatic rings. The summed E-state index contributed by atoms with van der Waals surface area (Å²) in [6, 6.07) is 25.9. The molecule has 0 spiro atoms. The smallest absolute Gasteiger partial charge is 0.244 e. The van der Waals surface area contributed by atoms with Gasteiger partial charge in [0.15, 0.2) is 5.78 Å². The second kappa shape index (κ2) is 10.0. The van der Waals surface area contributed by atoms with Crippen molar-refractivity contribution in [1.82, 2.24) is 4.31 Å². The summed E-state index contributed by atoms with van der Waals surface area (Å²) in [7, 11) is -3.81. The van der Waals surface area contributed by atoms with Crippen molar-refractivity contribution in [2.24, 2.45) is 0 Å². The fourth-order valence-electron chi connectivity index (χ4n) is 3.90. The first-order valence-corrected chi connectivity index (χ1v) is 13.0. The van der Waals surface area contributed by atoms with Gasteiger partial charge in [0.2, 0.25) is 10.0 Å². The van der Waals surface area contributed by atoms with Gasteiger partial charge in [-0.1, -0.05) is 72.8 Å². The summed E-state index contributed by atoms with van der Waals surface area (Å²) < 4.78 is 28.0. The quantitative estimate of drug-likeness (QED) is 0.539. The topological polar surface area (TPSA) is 74.7 Å². The van der Waals surface area contributed by atoms with Crippen LogP contribution < -0.4 is 0 Å². The molecular formula is C25H25NO4S2. The molecule has 0 radical (unpaired) electrons. The molecule has 1 aliphatic rings. The first kappa shape index (κ1) is 22.7. The molecule has 5 nitrogen and oxygen atoms in total. The summed E-state index contributed by atoms with van der Waals surface area (Å²) in [5, 5.41) is 9.03. The summed E-state index contributed by atoms with van der Waals surface area (Å²) in [6.45, 7) is 0.125. The molecule has 0 aromatic heterocycles. The zero-order valence-electron chi connectivity index (χ0n) is 17.5. The van der Waals surface area contributed by atoms with Crippen molar-refractivity contribution in [3.05, 3.63) is 90.5 Å². The lowest BCUT2D eigenvalue weighted by Gasteiger charge is -2.24. The number of aliphatic hydroxyl groups excluding tert-OH is 1. The Morgan fingerprint density at radius 1 is 0.938 bits per heavy atom. The third-order valence-electron chi connectivity index (χ3n) is 5.63. The van der Waals surface area contributed by atoms with Crippen LogP contribution in [-0.2, 0) is 14.8 Å². The van der Waals surface area contributed by atoms with Crippen molar-refractivity contribution >= 4 is 27.6 Å². The van der Waals surface area contributed by atoms with Gasteiger partial charge in [-0.3, -0.25) is 4.79 Å². The van der Waals surface area contributed by atoms with Gasteiger partial charge in [0.25, 0.3) is 0 Å². The molecule has 0 saturated carbocycles. The largest absolute Gasteiger partial charge is 0.396 e. The fourth-order valence-corrected chi connectivity index (χ4v) is 7.07. The molecular weight excluding hydrogens is 442 g/mol. The molecule has 4 rings (SSSR count). The van der Waals surface area contributed by atoms with Gasteiger partial charge in [0.1, 0.15) is 5.37 Å². The van der Waals surface area contributed by atoms with Crippen molar-refractivity contribution in [3.8, 4) is 11.1 Å². The monoisotopic (exact) mass is 467 g/mol. The fraction of sp³-hybridized carbons (Fsp3) is 0.240. The lowest BCUT2D eigenvalue weighted by molar-refractivity contribution is -0.120. The van der Waals surface area contributed by atoms with Crippen LogP contribution >= 0.6 is 11.8 Å². The minimum Gasteiger partial charge on any atom is -0.396 e. The maximum Gasteiger partial charge on any atom is 0.244 e. The van der Waals surface area contributed by atoms with E-state index >= 15 is 0 Å². The van der Waals surface area contributed by atoms with E-state index < -0.39 is 15.4 Å². The number of hydrogen-bond acceptors (Lipinski definition) is 5. The van der Waals surface area contributed by atoms with Crippen LogP contribution in [0.25, 0.3) is 11.1 Å². The Bertz CT molecular complexity index is 1150. The molecule has 1 fully saturated rings. The summed E-state index contributed by atoms with van der Waals surface area (Å²) in [5.41, 5.74) is 2.82. The lowest BCUT2D eigenvalue weighted by atomic mass is 9.94. The summed E-state index contributed by atoms with van der Waals surface area (Å²) in [4.78, 5) is 13.3. The maximum absolute atomic E-state index is 13.3. The number of carbonyl (C=O) groups excluding carboxylic acids is 1. The van der Waals surface area contributed by atoms with E-state index in [1.807, 2.05) is 60.7 Å². The predicted molar refractivity (Wildman–Crippen MR) is 128 cm³/mol. The Labute approximate surface area is 193 Å².